The maximum atomic E-state index is 3.09. The summed E-state index contributed by atoms with van der Waals surface area (Å²) in [6, 6.07) is 0. The summed E-state index contributed by atoms with van der Waals surface area (Å²) in [4.78, 5) is 0. The lowest BCUT2D eigenvalue weighted by Crippen LogP contribution is -2.29. The van der Waals surface area contributed by atoms with Crippen LogP contribution in [0.1, 0.15) is 0 Å². The highest BCUT2D eigenvalue weighted by atomic mass is 16.0. The van der Waals surface area contributed by atoms with Gasteiger partial charge in [0, 0.05) is 6.54 Å². The van der Waals surface area contributed by atoms with Gasteiger partial charge in [-0.05, 0) is 6.20 Å². The molecular weight excluding hydrogens is 108 g/mol. The number of nitrogens with one attached hydrogen (secondary N) is 2. The van der Waals surface area contributed by atoms with Gasteiger partial charge in [0.05, 0.1) is 6.67 Å². The Labute approximate surface area is 48.2 Å². The predicted octanol–water partition coefficient (Wildman–Crippen LogP) is -2.00. The molecule has 1 heterocycles. The van der Waals surface area contributed by atoms with E-state index in [-0.39, 0.29) is 11.0 Å². The molecule has 1 rings (SSSR count). The quantitative estimate of drug-likeness (QED) is 0.387. The minimum Gasteiger partial charge on any atom is -0.412 e. The lowest BCUT2D eigenvalue weighted by Gasteiger charge is -2.05. The number of rotatable bonds is 0. The molecule has 0 aliphatic carbocycles. The van der Waals surface area contributed by atoms with E-state index in [2.05, 4.69) is 10.6 Å². The number of hydrogen-bond acceptors (Lipinski definition) is 2. The lowest BCUT2D eigenvalue weighted by molar-refractivity contribution is 0.669. The van der Waals surface area contributed by atoms with Crippen LogP contribution in [-0.4, -0.2) is 24.2 Å². The van der Waals surface area contributed by atoms with Crippen LogP contribution < -0.4 is 10.6 Å². The SMILES string of the molecule is C1=CNCNC1.O.O. The third kappa shape index (κ3) is 3.60. The molecule has 0 fully saturated rings. The highest BCUT2D eigenvalue weighted by Crippen LogP contribution is 1.68. The zero-order valence-electron chi connectivity index (χ0n) is 4.57. The van der Waals surface area contributed by atoms with Gasteiger partial charge >= 0.3 is 0 Å². The molecule has 0 saturated heterocycles. The second-order valence-electron chi connectivity index (χ2n) is 1.24. The molecule has 0 bridgehead atoms. The van der Waals surface area contributed by atoms with Crippen LogP contribution in [0.5, 0.6) is 0 Å². The fourth-order valence-electron chi connectivity index (χ4n) is 0.429. The highest BCUT2D eigenvalue weighted by molar-refractivity contribution is 4.84. The summed E-state index contributed by atoms with van der Waals surface area (Å²) >= 11 is 0. The van der Waals surface area contributed by atoms with Gasteiger partial charge in [-0.25, -0.2) is 0 Å². The third-order valence-electron chi connectivity index (χ3n) is 0.725. The van der Waals surface area contributed by atoms with E-state index >= 15 is 0 Å². The Kier molecular flexibility index (Phi) is 8.35. The maximum Gasteiger partial charge on any atom is 0.0650 e. The summed E-state index contributed by atoms with van der Waals surface area (Å²) < 4.78 is 0. The van der Waals surface area contributed by atoms with Crippen LogP contribution >= 0.6 is 0 Å². The van der Waals surface area contributed by atoms with Gasteiger partial charge < -0.3 is 16.3 Å². The van der Waals surface area contributed by atoms with Crippen molar-refractivity contribution >= 4 is 0 Å². The third-order valence-corrected chi connectivity index (χ3v) is 0.725. The van der Waals surface area contributed by atoms with E-state index in [9.17, 15) is 0 Å². The average Bonchev–Trinajstić information content (AvgIpc) is 1.72. The molecule has 0 spiro atoms. The summed E-state index contributed by atoms with van der Waals surface area (Å²) in [5.41, 5.74) is 0. The van der Waals surface area contributed by atoms with Crippen molar-refractivity contribution < 1.29 is 11.0 Å². The molecule has 6 N–H and O–H groups in total. The zero-order valence-corrected chi connectivity index (χ0v) is 4.57. The van der Waals surface area contributed by atoms with Gasteiger partial charge in [-0.15, -0.1) is 0 Å². The minimum absolute atomic E-state index is 0. The Morgan fingerprint density at radius 1 is 1.25 bits per heavy atom. The first kappa shape index (κ1) is 10.4. The van der Waals surface area contributed by atoms with Gasteiger partial charge in [0.15, 0.2) is 0 Å². The Hall–Kier alpha value is -0.580. The minimum atomic E-state index is 0. The van der Waals surface area contributed by atoms with Crippen LogP contribution in [0.4, 0.5) is 0 Å². The summed E-state index contributed by atoms with van der Waals surface area (Å²) in [5.74, 6) is 0. The topological polar surface area (TPSA) is 87.1 Å². The lowest BCUT2D eigenvalue weighted by atomic mass is 10.5. The highest BCUT2D eigenvalue weighted by Gasteiger charge is 1.81. The standard InChI is InChI=1S/C4H8N2.2H2O/c1-2-5-4-6-3-1;;/h1-2,5-6H,3-4H2;2*1H2. The molecule has 4 heteroatoms. The molecule has 0 aromatic carbocycles. The first-order valence-corrected chi connectivity index (χ1v) is 2.09. The van der Waals surface area contributed by atoms with E-state index in [1.165, 1.54) is 0 Å². The fraction of sp³-hybridized carbons (Fsp3) is 0.500. The summed E-state index contributed by atoms with van der Waals surface area (Å²) in [7, 11) is 0. The molecule has 0 atom stereocenters. The van der Waals surface area contributed by atoms with E-state index in [0.717, 1.165) is 13.2 Å². The van der Waals surface area contributed by atoms with E-state index in [1.54, 1.807) is 0 Å². The number of hydrogen-bond donors (Lipinski definition) is 2. The van der Waals surface area contributed by atoms with Gasteiger partial charge in [-0.3, -0.25) is 5.32 Å². The van der Waals surface area contributed by atoms with Crippen LogP contribution in [0.15, 0.2) is 12.3 Å². The molecule has 1 aliphatic rings. The molecule has 0 radical (unpaired) electrons. The van der Waals surface area contributed by atoms with E-state index in [1.807, 2.05) is 12.3 Å². The smallest absolute Gasteiger partial charge is 0.0650 e. The van der Waals surface area contributed by atoms with Crippen molar-refractivity contribution in [1.29, 1.82) is 0 Å². The maximum absolute atomic E-state index is 3.09. The van der Waals surface area contributed by atoms with Crippen molar-refractivity contribution in [2.45, 2.75) is 0 Å². The fourth-order valence-corrected chi connectivity index (χ4v) is 0.429. The van der Waals surface area contributed by atoms with Crippen LogP contribution in [-0.2, 0) is 0 Å². The Bertz CT molecular complexity index is 57.1. The van der Waals surface area contributed by atoms with Crippen molar-refractivity contribution in [2.24, 2.45) is 0 Å². The summed E-state index contributed by atoms with van der Waals surface area (Å²) in [5, 5.41) is 6.08. The van der Waals surface area contributed by atoms with Crippen molar-refractivity contribution in [3.05, 3.63) is 12.3 Å². The molecular formula is C4H12N2O2. The second kappa shape index (κ2) is 6.42. The average molecular weight is 120 g/mol. The molecule has 1 aliphatic heterocycles. The summed E-state index contributed by atoms with van der Waals surface area (Å²) in [6.07, 6.45) is 4.00. The van der Waals surface area contributed by atoms with Crippen molar-refractivity contribution in [3.8, 4) is 0 Å². The summed E-state index contributed by atoms with van der Waals surface area (Å²) in [6.45, 7) is 1.92. The van der Waals surface area contributed by atoms with Gasteiger partial charge in [0.2, 0.25) is 0 Å². The molecule has 0 saturated carbocycles. The van der Waals surface area contributed by atoms with Crippen molar-refractivity contribution in [3.63, 3.8) is 0 Å². The Morgan fingerprint density at radius 2 is 2.00 bits per heavy atom. The van der Waals surface area contributed by atoms with Crippen LogP contribution in [0.3, 0.4) is 0 Å². The zero-order chi connectivity index (χ0) is 4.24. The first-order valence-electron chi connectivity index (χ1n) is 2.09. The molecule has 0 aromatic heterocycles. The van der Waals surface area contributed by atoms with Gasteiger partial charge in [0.25, 0.3) is 0 Å². The first-order chi connectivity index (χ1) is 3.00. The molecule has 8 heavy (non-hydrogen) atoms. The van der Waals surface area contributed by atoms with Crippen LogP contribution in [0, 0.1) is 0 Å². The molecule has 4 nitrogen and oxygen atoms in total. The van der Waals surface area contributed by atoms with E-state index in [4.69, 9.17) is 0 Å². The Morgan fingerprint density at radius 3 is 2.12 bits per heavy atom. The largest absolute Gasteiger partial charge is 0.412 e. The van der Waals surface area contributed by atoms with Gasteiger partial charge in [0.1, 0.15) is 0 Å². The van der Waals surface area contributed by atoms with Crippen LogP contribution in [0.25, 0.3) is 0 Å². The Balaban J connectivity index is 0. The van der Waals surface area contributed by atoms with Crippen molar-refractivity contribution in [2.75, 3.05) is 13.2 Å². The monoisotopic (exact) mass is 120 g/mol. The second-order valence-corrected chi connectivity index (χ2v) is 1.24. The van der Waals surface area contributed by atoms with E-state index in [0.29, 0.717) is 0 Å². The molecule has 0 amide bonds. The molecule has 50 valence electrons. The van der Waals surface area contributed by atoms with E-state index < -0.39 is 0 Å². The van der Waals surface area contributed by atoms with Gasteiger partial charge in [-0.1, -0.05) is 6.08 Å². The molecule has 0 unspecified atom stereocenters. The van der Waals surface area contributed by atoms with Crippen molar-refractivity contribution in [1.82, 2.24) is 10.6 Å². The van der Waals surface area contributed by atoms with Crippen LogP contribution in [0.2, 0.25) is 0 Å². The van der Waals surface area contributed by atoms with Gasteiger partial charge in [-0.2, -0.15) is 0 Å². The predicted molar refractivity (Wildman–Crippen MR) is 32.4 cm³/mol. The normalized spacial score (nSPS) is 15.0. The molecule has 0 aromatic rings.